The van der Waals surface area contributed by atoms with Crippen molar-refractivity contribution < 1.29 is 9.13 Å². The highest BCUT2D eigenvalue weighted by Gasteiger charge is 2.19. The highest BCUT2D eigenvalue weighted by molar-refractivity contribution is 7.71. The van der Waals surface area contributed by atoms with Crippen LogP contribution in [0.25, 0.3) is 11.4 Å². The molecule has 8 heteroatoms. The molecule has 0 saturated carbocycles. The van der Waals surface area contributed by atoms with E-state index < -0.39 is 0 Å². The van der Waals surface area contributed by atoms with Gasteiger partial charge in [-0.05, 0) is 30.4 Å². The zero-order chi connectivity index (χ0) is 20.2. The Morgan fingerprint density at radius 2 is 1.79 bits per heavy atom. The predicted octanol–water partition coefficient (Wildman–Crippen LogP) is 3.53. The number of ether oxygens (including phenoxy) is 1. The maximum absolute atomic E-state index is 13.6. The molecule has 2 aromatic carbocycles. The number of aromatic nitrogens is 3. The molecule has 0 aliphatic carbocycles. The van der Waals surface area contributed by atoms with E-state index in [4.69, 9.17) is 17.0 Å². The highest BCUT2D eigenvalue weighted by atomic mass is 32.1. The van der Waals surface area contributed by atoms with Crippen molar-refractivity contribution in [3.05, 3.63) is 64.7 Å². The number of halogens is 1. The summed E-state index contributed by atoms with van der Waals surface area (Å²) in [6.07, 6.45) is 0. The molecule has 3 aromatic rings. The number of hydrogen-bond acceptors (Lipinski definition) is 5. The molecule has 2 heterocycles. The molecular weight excluding hydrogens is 389 g/mol. The molecule has 4 rings (SSSR count). The standard InChI is InChI=1S/C21H24FN5OS/c1-28-19-8-7-18(22)13-17(19)14-25-9-11-26(12-10-25)15-27-21(29)23-20(24-27)16-5-3-2-4-6-16/h2-8,13H,9-12,14-15H2,1H3,(H,23,24,29). The van der Waals surface area contributed by atoms with E-state index in [9.17, 15) is 4.39 Å². The van der Waals surface area contributed by atoms with E-state index in [1.54, 1.807) is 19.2 Å². The Morgan fingerprint density at radius 1 is 1.07 bits per heavy atom. The lowest BCUT2D eigenvalue weighted by molar-refractivity contribution is 0.0976. The number of piperazine rings is 1. The minimum atomic E-state index is -0.234. The summed E-state index contributed by atoms with van der Waals surface area (Å²) in [6.45, 7) is 4.95. The first-order chi connectivity index (χ1) is 14.1. The van der Waals surface area contributed by atoms with E-state index in [0.717, 1.165) is 48.9 Å². The molecule has 1 fully saturated rings. The normalized spacial score (nSPS) is 15.5. The van der Waals surface area contributed by atoms with Crippen molar-refractivity contribution >= 4 is 12.2 Å². The largest absolute Gasteiger partial charge is 0.496 e. The summed E-state index contributed by atoms with van der Waals surface area (Å²) in [5.74, 6) is 1.28. The molecule has 0 amide bonds. The van der Waals surface area contributed by atoms with Crippen molar-refractivity contribution in [3.8, 4) is 17.1 Å². The lowest BCUT2D eigenvalue weighted by Crippen LogP contribution is -2.46. The number of rotatable bonds is 6. The summed E-state index contributed by atoms with van der Waals surface area (Å²) in [6, 6.07) is 14.6. The second-order valence-corrected chi connectivity index (χ2v) is 7.51. The predicted molar refractivity (Wildman–Crippen MR) is 113 cm³/mol. The van der Waals surface area contributed by atoms with Crippen LogP contribution < -0.4 is 4.74 Å². The van der Waals surface area contributed by atoms with Crippen molar-refractivity contribution in [3.63, 3.8) is 0 Å². The summed E-state index contributed by atoms with van der Waals surface area (Å²) in [7, 11) is 1.62. The van der Waals surface area contributed by atoms with Crippen LogP contribution in [0.5, 0.6) is 5.75 Å². The molecule has 152 valence electrons. The number of hydrogen-bond donors (Lipinski definition) is 1. The molecule has 0 spiro atoms. The molecule has 0 atom stereocenters. The van der Waals surface area contributed by atoms with Crippen LogP contribution >= 0.6 is 12.2 Å². The van der Waals surface area contributed by atoms with Gasteiger partial charge in [0.2, 0.25) is 4.77 Å². The molecule has 29 heavy (non-hydrogen) atoms. The quantitative estimate of drug-likeness (QED) is 0.627. The van der Waals surface area contributed by atoms with Crippen LogP contribution in [0.15, 0.2) is 48.5 Å². The van der Waals surface area contributed by atoms with Crippen LogP contribution in [0.4, 0.5) is 4.39 Å². The van der Waals surface area contributed by atoms with Gasteiger partial charge < -0.3 is 4.74 Å². The Balaban J connectivity index is 1.36. The summed E-state index contributed by atoms with van der Waals surface area (Å²) in [4.78, 5) is 9.13. The summed E-state index contributed by atoms with van der Waals surface area (Å²) in [5.41, 5.74) is 1.90. The van der Waals surface area contributed by atoms with Crippen molar-refractivity contribution in [2.24, 2.45) is 0 Å². The van der Waals surface area contributed by atoms with Gasteiger partial charge in [-0.3, -0.25) is 14.9 Å². The summed E-state index contributed by atoms with van der Waals surface area (Å²) < 4.78 is 21.4. The molecule has 1 aliphatic rings. The second-order valence-electron chi connectivity index (χ2n) is 7.14. The zero-order valence-electron chi connectivity index (χ0n) is 16.3. The SMILES string of the molecule is COc1ccc(F)cc1CN1CCN(Cn2[nH]c(-c3ccccc3)nc2=S)CC1. The van der Waals surface area contributed by atoms with Gasteiger partial charge in [-0.2, -0.15) is 4.98 Å². The Kier molecular flexibility index (Phi) is 6.03. The maximum Gasteiger partial charge on any atom is 0.217 e. The van der Waals surface area contributed by atoms with Crippen LogP contribution in [-0.4, -0.2) is 57.9 Å². The van der Waals surface area contributed by atoms with E-state index in [1.807, 2.05) is 35.0 Å². The van der Waals surface area contributed by atoms with Gasteiger partial charge >= 0.3 is 0 Å². The van der Waals surface area contributed by atoms with E-state index >= 15 is 0 Å². The molecule has 1 saturated heterocycles. The molecule has 1 aliphatic heterocycles. The minimum absolute atomic E-state index is 0.234. The first kappa shape index (κ1) is 19.8. The van der Waals surface area contributed by atoms with E-state index in [-0.39, 0.29) is 5.82 Å². The molecule has 0 unspecified atom stereocenters. The molecular formula is C21H24FN5OS. The van der Waals surface area contributed by atoms with Gasteiger partial charge in [0.15, 0.2) is 5.82 Å². The monoisotopic (exact) mass is 413 g/mol. The first-order valence-corrected chi connectivity index (χ1v) is 10.0. The fourth-order valence-electron chi connectivity index (χ4n) is 3.58. The Labute approximate surface area is 174 Å². The van der Waals surface area contributed by atoms with Gasteiger partial charge in [0, 0.05) is 43.9 Å². The minimum Gasteiger partial charge on any atom is -0.496 e. The van der Waals surface area contributed by atoms with Gasteiger partial charge in [0.25, 0.3) is 0 Å². The Morgan fingerprint density at radius 3 is 2.52 bits per heavy atom. The number of benzene rings is 2. The fraction of sp³-hybridized carbons (Fsp3) is 0.333. The third-order valence-corrected chi connectivity index (χ3v) is 5.48. The average Bonchev–Trinajstić information content (AvgIpc) is 3.11. The molecule has 6 nitrogen and oxygen atoms in total. The van der Waals surface area contributed by atoms with Crippen molar-refractivity contribution in [2.45, 2.75) is 13.2 Å². The third kappa shape index (κ3) is 4.72. The molecule has 0 bridgehead atoms. The van der Waals surface area contributed by atoms with Crippen molar-refractivity contribution in [1.29, 1.82) is 0 Å². The molecule has 1 aromatic heterocycles. The van der Waals surface area contributed by atoms with Crippen LogP contribution in [0.2, 0.25) is 0 Å². The van der Waals surface area contributed by atoms with Crippen LogP contribution in [0.1, 0.15) is 5.56 Å². The van der Waals surface area contributed by atoms with Crippen molar-refractivity contribution in [2.75, 3.05) is 33.3 Å². The number of H-pyrrole nitrogens is 1. The summed E-state index contributed by atoms with van der Waals surface area (Å²) >= 11 is 5.43. The lowest BCUT2D eigenvalue weighted by atomic mass is 10.1. The average molecular weight is 414 g/mol. The van der Waals surface area contributed by atoms with Gasteiger partial charge in [-0.1, -0.05) is 30.3 Å². The number of nitrogens with zero attached hydrogens (tertiary/aromatic N) is 4. The van der Waals surface area contributed by atoms with Gasteiger partial charge in [-0.15, -0.1) is 0 Å². The van der Waals surface area contributed by atoms with Crippen LogP contribution in [0.3, 0.4) is 0 Å². The molecule has 0 radical (unpaired) electrons. The number of nitrogens with one attached hydrogen (secondary N) is 1. The first-order valence-electron chi connectivity index (χ1n) is 9.62. The van der Waals surface area contributed by atoms with Crippen LogP contribution in [0, 0.1) is 10.6 Å². The maximum atomic E-state index is 13.6. The van der Waals surface area contributed by atoms with Crippen LogP contribution in [-0.2, 0) is 13.2 Å². The van der Waals surface area contributed by atoms with E-state index in [0.29, 0.717) is 18.0 Å². The lowest BCUT2D eigenvalue weighted by Gasteiger charge is -2.34. The number of methoxy groups -OCH3 is 1. The summed E-state index contributed by atoms with van der Waals surface area (Å²) in [5, 5.41) is 3.31. The van der Waals surface area contributed by atoms with Crippen molar-refractivity contribution in [1.82, 2.24) is 24.6 Å². The number of aromatic amines is 1. The molecule has 1 N–H and O–H groups in total. The van der Waals surface area contributed by atoms with Gasteiger partial charge in [-0.25, -0.2) is 9.07 Å². The highest BCUT2D eigenvalue weighted by Crippen LogP contribution is 2.22. The Bertz CT molecular complexity index is 1010. The van der Waals surface area contributed by atoms with E-state index in [2.05, 4.69) is 19.9 Å². The smallest absolute Gasteiger partial charge is 0.217 e. The Hall–Kier alpha value is -2.55. The second kappa shape index (κ2) is 8.86. The van der Waals surface area contributed by atoms with E-state index in [1.165, 1.54) is 6.07 Å². The topological polar surface area (TPSA) is 49.3 Å². The fourth-order valence-corrected chi connectivity index (χ4v) is 3.77. The third-order valence-electron chi connectivity index (χ3n) is 5.17. The van der Waals surface area contributed by atoms with Gasteiger partial charge in [0.05, 0.1) is 13.8 Å². The zero-order valence-corrected chi connectivity index (χ0v) is 17.2. The van der Waals surface area contributed by atoms with Gasteiger partial charge in [0.1, 0.15) is 11.6 Å².